The summed E-state index contributed by atoms with van der Waals surface area (Å²) in [4.78, 5) is 8.85. The van der Waals surface area contributed by atoms with Crippen LogP contribution >= 0.6 is 24.0 Å². The van der Waals surface area contributed by atoms with Crippen molar-refractivity contribution in [1.82, 2.24) is 9.80 Å². The first-order chi connectivity index (χ1) is 10.5. The van der Waals surface area contributed by atoms with Crippen molar-refractivity contribution in [3.8, 4) is 0 Å². The van der Waals surface area contributed by atoms with Crippen molar-refractivity contribution >= 4 is 29.9 Å². The van der Waals surface area contributed by atoms with Gasteiger partial charge in [0, 0.05) is 26.2 Å². The van der Waals surface area contributed by atoms with Crippen LogP contribution in [0.25, 0.3) is 0 Å². The highest BCUT2D eigenvalue weighted by Crippen LogP contribution is 2.14. The van der Waals surface area contributed by atoms with Gasteiger partial charge in [0.25, 0.3) is 0 Å². The highest BCUT2D eigenvalue weighted by molar-refractivity contribution is 14.0. The third kappa shape index (κ3) is 7.03. The first-order valence-electron chi connectivity index (χ1n) is 8.02. The Morgan fingerprint density at radius 1 is 1.39 bits per heavy atom. The van der Waals surface area contributed by atoms with E-state index in [1.54, 1.807) is 0 Å². The zero-order valence-corrected chi connectivity index (χ0v) is 16.4. The Balaban J connectivity index is 0.00000264. The lowest BCUT2D eigenvalue weighted by Crippen LogP contribution is -2.43. The molecule has 1 unspecified atom stereocenters. The molecule has 1 aliphatic rings. The van der Waals surface area contributed by atoms with Crippen molar-refractivity contribution in [3.63, 3.8) is 0 Å². The van der Waals surface area contributed by atoms with Crippen LogP contribution in [-0.4, -0.2) is 49.0 Å². The number of hydrogen-bond acceptors (Lipinski definition) is 2. The van der Waals surface area contributed by atoms with E-state index < -0.39 is 0 Å². The molecule has 1 heterocycles. The van der Waals surface area contributed by atoms with Gasteiger partial charge in [-0.2, -0.15) is 0 Å². The van der Waals surface area contributed by atoms with Crippen molar-refractivity contribution < 1.29 is 4.39 Å². The summed E-state index contributed by atoms with van der Waals surface area (Å²) < 4.78 is 12.9. The quantitative estimate of drug-likeness (QED) is 0.441. The smallest absolute Gasteiger partial charge is 0.191 e. The van der Waals surface area contributed by atoms with E-state index in [0.717, 1.165) is 31.7 Å². The Kier molecular flexibility index (Phi) is 8.83. The molecule has 4 nitrogen and oxygen atoms in total. The van der Waals surface area contributed by atoms with Gasteiger partial charge in [0.15, 0.2) is 5.96 Å². The molecule has 6 heteroatoms. The average Bonchev–Trinajstić information content (AvgIpc) is 2.49. The Hall–Kier alpha value is -0.890. The number of aliphatic imine (C=N–C) groups is 1. The van der Waals surface area contributed by atoms with E-state index in [1.807, 2.05) is 19.2 Å². The number of hydrogen-bond donors (Lipinski definition) is 1. The molecule has 130 valence electrons. The van der Waals surface area contributed by atoms with Crippen LogP contribution in [0.2, 0.25) is 0 Å². The van der Waals surface area contributed by atoms with Crippen LogP contribution in [0.5, 0.6) is 0 Å². The predicted molar refractivity (Wildman–Crippen MR) is 105 cm³/mol. The molecule has 1 saturated heterocycles. The van der Waals surface area contributed by atoms with Crippen molar-refractivity contribution in [2.24, 2.45) is 16.6 Å². The number of piperidine rings is 1. The Morgan fingerprint density at radius 3 is 2.74 bits per heavy atom. The lowest BCUT2D eigenvalue weighted by molar-refractivity contribution is 0.269. The third-order valence-corrected chi connectivity index (χ3v) is 4.10. The van der Waals surface area contributed by atoms with Crippen LogP contribution in [-0.2, 0) is 6.54 Å². The van der Waals surface area contributed by atoms with Crippen LogP contribution in [0.4, 0.5) is 4.39 Å². The number of rotatable bonds is 5. The summed E-state index contributed by atoms with van der Waals surface area (Å²) in [6.45, 7) is 6.61. The number of guanidine groups is 1. The van der Waals surface area contributed by atoms with Gasteiger partial charge in [-0.25, -0.2) is 4.39 Å². The van der Waals surface area contributed by atoms with Crippen LogP contribution < -0.4 is 5.73 Å². The highest BCUT2D eigenvalue weighted by atomic mass is 127. The SMILES string of the molecule is CC1CCCN(C(N)=NCCN(C)Cc2ccc(F)cc2)C1.I. The molecular weight excluding hydrogens is 406 g/mol. The fraction of sp³-hybridized carbons (Fsp3) is 0.588. The summed E-state index contributed by atoms with van der Waals surface area (Å²) in [6, 6.07) is 6.63. The second-order valence-corrected chi connectivity index (χ2v) is 6.30. The summed E-state index contributed by atoms with van der Waals surface area (Å²) in [6.07, 6.45) is 2.48. The van der Waals surface area contributed by atoms with Gasteiger partial charge in [0.1, 0.15) is 5.82 Å². The molecule has 1 aliphatic heterocycles. The van der Waals surface area contributed by atoms with E-state index in [4.69, 9.17) is 5.73 Å². The normalized spacial score (nSPS) is 18.9. The molecule has 2 N–H and O–H groups in total. The van der Waals surface area contributed by atoms with Gasteiger partial charge in [-0.05, 0) is 43.5 Å². The minimum absolute atomic E-state index is 0. The lowest BCUT2D eigenvalue weighted by Gasteiger charge is -2.31. The van der Waals surface area contributed by atoms with Gasteiger partial charge < -0.3 is 15.5 Å². The van der Waals surface area contributed by atoms with Crippen LogP contribution in [0.1, 0.15) is 25.3 Å². The monoisotopic (exact) mass is 434 g/mol. The van der Waals surface area contributed by atoms with Crippen LogP contribution in [0, 0.1) is 11.7 Å². The summed E-state index contributed by atoms with van der Waals surface area (Å²) in [5, 5.41) is 0. The first kappa shape index (κ1) is 20.2. The summed E-state index contributed by atoms with van der Waals surface area (Å²) >= 11 is 0. The number of likely N-dealkylation sites (tertiary alicyclic amines) is 1. The Morgan fingerprint density at radius 2 is 2.09 bits per heavy atom. The molecule has 1 aromatic rings. The van der Waals surface area contributed by atoms with Gasteiger partial charge in [0.05, 0.1) is 6.54 Å². The fourth-order valence-electron chi connectivity index (χ4n) is 2.81. The zero-order valence-electron chi connectivity index (χ0n) is 14.0. The molecular formula is C17H28FIN4. The van der Waals surface area contributed by atoms with E-state index in [0.29, 0.717) is 18.4 Å². The predicted octanol–water partition coefficient (Wildman–Crippen LogP) is 2.92. The van der Waals surface area contributed by atoms with Gasteiger partial charge in [-0.3, -0.25) is 4.99 Å². The van der Waals surface area contributed by atoms with Gasteiger partial charge in [-0.1, -0.05) is 19.1 Å². The highest BCUT2D eigenvalue weighted by Gasteiger charge is 2.17. The number of nitrogens with two attached hydrogens (primary N) is 1. The molecule has 0 aromatic heterocycles. The second kappa shape index (κ2) is 10.1. The van der Waals surface area contributed by atoms with Gasteiger partial charge in [-0.15, -0.1) is 24.0 Å². The summed E-state index contributed by atoms with van der Waals surface area (Å²) in [5.74, 6) is 1.17. The molecule has 0 saturated carbocycles. The fourth-order valence-corrected chi connectivity index (χ4v) is 2.81. The third-order valence-electron chi connectivity index (χ3n) is 4.10. The molecule has 1 fully saturated rings. The van der Waals surface area contributed by atoms with E-state index in [2.05, 4.69) is 21.7 Å². The maximum Gasteiger partial charge on any atom is 0.191 e. The molecule has 0 amide bonds. The van der Waals surface area contributed by atoms with Crippen LogP contribution in [0.3, 0.4) is 0 Å². The van der Waals surface area contributed by atoms with Crippen LogP contribution in [0.15, 0.2) is 29.3 Å². The second-order valence-electron chi connectivity index (χ2n) is 6.30. The van der Waals surface area contributed by atoms with E-state index >= 15 is 0 Å². The molecule has 1 aromatic carbocycles. The Bertz CT molecular complexity index is 492. The number of nitrogens with zero attached hydrogens (tertiary/aromatic N) is 3. The van der Waals surface area contributed by atoms with Crippen molar-refractivity contribution in [2.45, 2.75) is 26.3 Å². The minimum atomic E-state index is -0.195. The largest absolute Gasteiger partial charge is 0.370 e. The van der Waals surface area contributed by atoms with Crippen molar-refractivity contribution in [2.75, 3.05) is 33.2 Å². The standard InChI is InChI=1S/C17H27FN4.HI/c1-14-4-3-10-22(12-14)17(19)20-9-11-21(2)13-15-5-7-16(18)8-6-15;/h5-8,14H,3-4,9-13H2,1-2H3,(H2,19,20);1H. The molecule has 1 atom stereocenters. The molecule has 0 radical (unpaired) electrons. The summed E-state index contributed by atoms with van der Waals surface area (Å²) in [5.41, 5.74) is 7.18. The Labute approximate surface area is 156 Å². The summed E-state index contributed by atoms with van der Waals surface area (Å²) in [7, 11) is 2.04. The van der Waals surface area contributed by atoms with E-state index in [1.165, 1.54) is 25.0 Å². The molecule has 0 bridgehead atoms. The molecule has 0 spiro atoms. The van der Waals surface area contributed by atoms with E-state index in [-0.39, 0.29) is 29.8 Å². The molecule has 0 aliphatic carbocycles. The van der Waals surface area contributed by atoms with Gasteiger partial charge in [0.2, 0.25) is 0 Å². The van der Waals surface area contributed by atoms with E-state index in [9.17, 15) is 4.39 Å². The first-order valence-corrected chi connectivity index (χ1v) is 8.02. The maximum absolute atomic E-state index is 12.9. The minimum Gasteiger partial charge on any atom is -0.370 e. The average molecular weight is 434 g/mol. The lowest BCUT2D eigenvalue weighted by atomic mass is 10.0. The molecule has 2 rings (SSSR count). The number of likely N-dealkylation sites (N-methyl/N-ethyl adjacent to an activating group) is 1. The van der Waals surface area contributed by atoms with Gasteiger partial charge >= 0.3 is 0 Å². The number of benzene rings is 1. The molecule has 23 heavy (non-hydrogen) atoms. The van der Waals surface area contributed by atoms with Crippen molar-refractivity contribution in [3.05, 3.63) is 35.6 Å². The zero-order chi connectivity index (χ0) is 15.9. The topological polar surface area (TPSA) is 44.9 Å². The maximum atomic E-state index is 12.9. The number of halogens is 2. The van der Waals surface area contributed by atoms with Crippen molar-refractivity contribution in [1.29, 1.82) is 0 Å².